The van der Waals surface area contributed by atoms with Crippen LogP contribution in [0.1, 0.15) is 32.1 Å². The molecule has 1 saturated carbocycles. The third kappa shape index (κ3) is 2.08. The second-order valence-corrected chi connectivity index (χ2v) is 4.81. The van der Waals surface area contributed by atoms with E-state index in [1.807, 2.05) is 0 Å². The Labute approximate surface area is 85.1 Å². The van der Waals surface area contributed by atoms with Gasteiger partial charge in [-0.25, -0.2) is 0 Å². The number of rotatable bonds is 3. The van der Waals surface area contributed by atoms with E-state index in [-0.39, 0.29) is 0 Å². The predicted octanol–water partition coefficient (Wildman–Crippen LogP) is 1.58. The molecule has 2 rings (SSSR count). The minimum Gasteiger partial charge on any atom is -0.481 e. The van der Waals surface area contributed by atoms with Crippen LogP contribution in [0.2, 0.25) is 0 Å². The Balaban J connectivity index is 1.99. The van der Waals surface area contributed by atoms with Gasteiger partial charge in [0.1, 0.15) is 0 Å². The van der Waals surface area contributed by atoms with E-state index in [4.69, 9.17) is 5.11 Å². The molecule has 0 spiro atoms. The van der Waals surface area contributed by atoms with Crippen LogP contribution < -0.4 is 0 Å². The van der Waals surface area contributed by atoms with Crippen molar-refractivity contribution in [1.29, 1.82) is 0 Å². The fraction of sp³-hybridized carbons (Fsp3) is 0.909. The van der Waals surface area contributed by atoms with Gasteiger partial charge in [0.05, 0.1) is 0 Å². The molecule has 0 bridgehead atoms. The molecule has 80 valence electrons. The third-order valence-electron chi connectivity index (χ3n) is 3.62. The maximum atomic E-state index is 10.7. The topological polar surface area (TPSA) is 40.5 Å². The summed E-state index contributed by atoms with van der Waals surface area (Å²) in [6.45, 7) is 1.15. The third-order valence-corrected chi connectivity index (χ3v) is 3.62. The van der Waals surface area contributed by atoms with Crippen LogP contribution in [0.5, 0.6) is 0 Å². The average Bonchev–Trinajstić information content (AvgIpc) is 2.86. The summed E-state index contributed by atoms with van der Waals surface area (Å²) < 4.78 is 0. The van der Waals surface area contributed by atoms with Crippen LogP contribution in [-0.4, -0.2) is 35.6 Å². The van der Waals surface area contributed by atoms with Crippen LogP contribution in [0.3, 0.4) is 0 Å². The molecule has 2 aliphatic rings. The monoisotopic (exact) mass is 197 g/mol. The molecule has 3 heteroatoms. The van der Waals surface area contributed by atoms with Crippen LogP contribution >= 0.6 is 0 Å². The second kappa shape index (κ2) is 3.89. The Hall–Kier alpha value is -0.570. The Morgan fingerprint density at radius 1 is 1.43 bits per heavy atom. The average molecular weight is 197 g/mol. The molecule has 0 radical (unpaired) electrons. The Bertz CT molecular complexity index is 225. The number of aliphatic carboxylic acids is 1. The molecular weight excluding hydrogens is 178 g/mol. The van der Waals surface area contributed by atoms with Gasteiger partial charge >= 0.3 is 5.97 Å². The van der Waals surface area contributed by atoms with E-state index >= 15 is 0 Å². The lowest BCUT2D eigenvalue weighted by Crippen LogP contribution is -2.44. The Kier molecular flexibility index (Phi) is 2.77. The molecule has 1 aliphatic heterocycles. The standard InChI is InChI=1S/C11H19NO2/c1-12-6-2-3-9(7-10(13)14)11(12)8-4-5-8/h8-9,11H,2-7H2,1H3,(H,13,14)/t9-,11-/m0/s1. The van der Waals surface area contributed by atoms with Crippen molar-refractivity contribution in [3.63, 3.8) is 0 Å². The summed E-state index contributed by atoms with van der Waals surface area (Å²) in [5.41, 5.74) is 0. The number of piperidine rings is 1. The second-order valence-electron chi connectivity index (χ2n) is 4.81. The highest BCUT2D eigenvalue weighted by atomic mass is 16.4. The molecule has 0 aromatic rings. The van der Waals surface area contributed by atoms with Gasteiger partial charge in [-0.1, -0.05) is 0 Å². The molecule has 1 heterocycles. The van der Waals surface area contributed by atoms with Crippen molar-refractivity contribution in [3.05, 3.63) is 0 Å². The Morgan fingerprint density at radius 2 is 2.14 bits per heavy atom. The molecule has 14 heavy (non-hydrogen) atoms. The van der Waals surface area contributed by atoms with Crippen LogP contribution in [-0.2, 0) is 4.79 Å². The number of carboxylic acids is 1. The minimum absolute atomic E-state index is 0.367. The van der Waals surface area contributed by atoms with Crippen molar-refractivity contribution in [3.8, 4) is 0 Å². The summed E-state index contributed by atoms with van der Waals surface area (Å²) in [5, 5.41) is 8.85. The fourth-order valence-electron chi connectivity index (χ4n) is 2.91. The maximum absolute atomic E-state index is 10.7. The molecule has 1 N–H and O–H groups in total. The zero-order chi connectivity index (χ0) is 10.1. The zero-order valence-electron chi connectivity index (χ0n) is 8.78. The van der Waals surface area contributed by atoms with Gasteiger partial charge in [-0.2, -0.15) is 0 Å². The van der Waals surface area contributed by atoms with Crippen LogP contribution in [0.25, 0.3) is 0 Å². The van der Waals surface area contributed by atoms with E-state index in [1.165, 1.54) is 12.8 Å². The number of hydrogen-bond donors (Lipinski definition) is 1. The van der Waals surface area contributed by atoms with E-state index < -0.39 is 5.97 Å². The summed E-state index contributed by atoms with van der Waals surface area (Å²) in [6, 6.07) is 0.555. The fourth-order valence-corrected chi connectivity index (χ4v) is 2.91. The van der Waals surface area contributed by atoms with E-state index in [9.17, 15) is 4.79 Å². The first-order valence-electron chi connectivity index (χ1n) is 5.60. The molecule has 3 nitrogen and oxygen atoms in total. The van der Waals surface area contributed by atoms with Crippen molar-refractivity contribution in [2.75, 3.05) is 13.6 Å². The number of hydrogen-bond acceptors (Lipinski definition) is 2. The van der Waals surface area contributed by atoms with Crippen LogP contribution in [0, 0.1) is 11.8 Å². The first kappa shape index (κ1) is 9.97. The number of nitrogens with zero attached hydrogens (tertiary/aromatic N) is 1. The lowest BCUT2D eigenvalue weighted by Gasteiger charge is -2.39. The molecule has 0 aromatic heterocycles. The van der Waals surface area contributed by atoms with Crippen molar-refractivity contribution in [2.45, 2.75) is 38.1 Å². The summed E-state index contributed by atoms with van der Waals surface area (Å²) >= 11 is 0. The molecular formula is C11H19NO2. The molecule has 0 amide bonds. The molecule has 1 aliphatic carbocycles. The van der Waals surface area contributed by atoms with Gasteiger partial charge in [0.15, 0.2) is 0 Å². The van der Waals surface area contributed by atoms with E-state index in [0.29, 0.717) is 18.4 Å². The zero-order valence-corrected chi connectivity index (χ0v) is 8.78. The van der Waals surface area contributed by atoms with Crippen LogP contribution in [0.4, 0.5) is 0 Å². The van der Waals surface area contributed by atoms with Gasteiger partial charge in [0.25, 0.3) is 0 Å². The van der Waals surface area contributed by atoms with Crippen molar-refractivity contribution < 1.29 is 9.90 Å². The summed E-state index contributed by atoms with van der Waals surface area (Å²) in [6.07, 6.45) is 5.26. The van der Waals surface area contributed by atoms with Crippen LogP contribution in [0.15, 0.2) is 0 Å². The lowest BCUT2D eigenvalue weighted by molar-refractivity contribution is -0.139. The van der Waals surface area contributed by atoms with Crippen molar-refractivity contribution in [1.82, 2.24) is 4.90 Å². The van der Waals surface area contributed by atoms with Crippen molar-refractivity contribution >= 4 is 5.97 Å². The SMILES string of the molecule is CN1CCC[C@@H](CC(=O)O)[C@@H]1C1CC1. The first-order valence-corrected chi connectivity index (χ1v) is 5.60. The van der Waals surface area contributed by atoms with Gasteiger partial charge in [-0.3, -0.25) is 4.79 Å². The van der Waals surface area contributed by atoms with Gasteiger partial charge in [-0.05, 0) is 51.1 Å². The maximum Gasteiger partial charge on any atom is 0.303 e. The van der Waals surface area contributed by atoms with Gasteiger partial charge in [-0.15, -0.1) is 0 Å². The first-order chi connectivity index (χ1) is 6.68. The highest BCUT2D eigenvalue weighted by Crippen LogP contribution is 2.42. The normalized spacial score (nSPS) is 34.4. The smallest absolute Gasteiger partial charge is 0.303 e. The van der Waals surface area contributed by atoms with Gasteiger partial charge in [0, 0.05) is 12.5 Å². The number of likely N-dealkylation sites (tertiary alicyclic amines) is 1. The highest BCUT2D eigenvalue weighted by molar-refractivity contribution is 5.67. The lowest BCUT2D eigenvalue weighted by atomic mass is 9.84. The quantitative estimate of drug-likeness (QED) is 0.746. The Morgan fingerprint density at radius 3 is 2.71 bits per heavy atom. The molecule has 0 unspecified atom stereocenters. The summed E-state index contributed by atoms with van der Waals surface area (Å²) in [7, 11) is 2.15. The largest absolute Gasteiger partial charge is 0.481 e. The molecule has 2 fully saturated rings. The minimum atomic E-state index is -0.629. The molecule has 2 atom stereocenters. The number of carbonyl (C=O) groups is 1. The van der Waals surface area contributed by atoms with E-state index in [2.05, 4.69) is 11.9 Å². The molecule has 1 saturated heterocycles. The highest BCUT2D eigenvalue weighted by Gasteiger charge is 2.41. The van der Waals surface area contributed by atoms with Gasteiger partial charge < -0.3 is 10.0 Å². The molecule has 0 aromatic carbocycles. The predicted molar refractivity (Wildman–Crippen MR) is 54.1 cm³/mol. The summed E-state index contributed by atoms with van der Waals surface area (Å²) in [5.74, 6) is 0.569. The van der Waals surface area contributed by atoms with E-state index in [1.54, 1.807) is 0 Å². The van der Waals surface area contributed by atoms with E-state index in [0.717, 1.165) is 25.3 Å². The van der Waals surface area contributed by atoms with Crippen molar-refractivity contribution in [2.24, 2.45) is 11.8 Å². The van der Waals surface area contributed by atoms with Gasteiger partial charge in [0.2, 0.25) is 0 Å². The summed E-state index contributed by atoms with van der Waals surface area (Å²) in [4.78, 5) is 13.1. The number of carboxylic acid groups (broad SMARTS) is 1.